The van der Waals surface area contributed by atoms with E-state index in [1.165, 1.54) is 0 Å². The zero-order chi connectivity index (χ0) is 8.72. The molecule has 12 heavy (non-hydrogen) atoms. The van der Waals surface area contributed by atoms with Crippen LogP contribution >= 0.6 is 15.9 Å². The fourth-order valence-corrected chi connectivity index (χ4v) is 1.70. The molecule has 62 valence electrons. The molecule has 3 nitrogen and oxygen atoms in total. The topological polar surface area (TPSA) is 43.4 Å². The van der Waals surface area contributed by atoms with E-state index in [1.54, 1.807) is 12.2 Å². The number of alkyl halides is 1. The van der Waals surface area contributed by atoms with Gasteiger partial charge in [-0.2, -0.15) is 0 Å². The minimum atomic E-state index is -0.532. The third kappa shape index (κ3) is 1.03. The zero-order valence-corrected chi connectivity index (χ0v) is 7.63. The van der Waals surface area contributed by atoms with Crippen LogP contribution in [0.5, 0.6) is 0 Å². The molecule has 1 unspecified atom stereocenters. The Morgan fingerprint density at radius 1 is 1.33 bits per heavy atom. The first-order valence-electron chi connectivity index (χ1n) is 3.51. The van der Waals surface area contributed by atoms with Gasteiger partial charge in [0.1, 0.15) is 0 Å². The van der Waals surface area contributed by atoms with E-state index in [0.717, 1.165) is 6.42 Å². The van der Waals surface area contributed by atoms with Crippen LogP contribution in [-0.2, 0) is 14.3 Å². The van der Waals surface area contributed by atoms with Gasteiger partial charge >= 0.3 is 11.9 Å². The number of hydrogen-bond acceptors (Lipinski definition) is 3. The molecular weight excluding hydrogens is 224 g/mol. The number of carbonyl (C=O) groups excluding carboxylic acids is 2. The highest BCUT2D eigenvalue weighted by atomic mass is 79.9. The predicted octanol–water partition coefficient (Wildman–Crippen LogP) is 1.09. The van der Waals surface area contributed by atoms with Gasteiger partial charge in [-0.05, 0) is 6.42 Å². The Morgan fingerprint density at radius 3 is 2.75 bits per heavy atom. The van der Waals surface area contributed by atoms with Crippen molar-refractivity contribution in [1.82, 2.24) is 0 Å². The molecule has 0 aromatic rings. The maximum Gasteiger partial charge on any atom is 0.346 e. The average Bonchev–Trinajstić information content (AvgIpc) is 2.28. The number of halogens is 1. The summed E-state index contributed by atoms with van der Waals surface area (Å²) in [6.45, 7) is 0. The molecule has 1 saturated heterocycles. The van der Waals surface area contributed by atoms with Crippen LogP contribution in [0, 0.1) is 0 Å². The number of fused-ring (bicyclic) bond motifs is 1. The summed E-state index contributed by atoms with van der Waals surface area (Å²) in [4.78, 5) is 22.1. The second-order valence-electron chi connectivity index (χ2n) is 2.63. The van der Waals surface area contributed by atoms with Crippen molar-refractivity contribution >= 4 is 27.9 Å². The Morgan fingerprint density at radius 2 is 2.00 bits per heavy atom. The summed E-state index contributed by atoms with van der Waals surface area (Å²) in [6, 6.07) is 0. The molecule has 2 aliphatic rings. The summed E-state index contributed by atoms with van der Waals surface area (Å²) < 4.78 is 4.42. The van der Waals surface area contributed by atoms with E-state index >= 15 is 0 Å². The second kappa shape index (κ2) is 2.55. The van der Waals surface area contributed by atoms with Crippen LogP contribution in [0.25, 0.3) is 0 Å². The van der Waals surface area contributed by atoms with Gasteiger partial charge < -0.3 is 4.74 Å². The molecule has 0 bridgehead atoms. The molecule has 2 rings (SSSR count). The summed E-state index contributed by atoms with van der Waals surface area (Å²) in [6.07, 6.45) is 4.16. The van der Waals surface area contributed by atoms with Crippen molar-refractivity contribution in [2.75, 3.05) is 0 Å². The molecule has 1 heterocycles. The fourth-order valence-electron chi connectivity index (χ4n) is 1.24. The Kier molecular flexibility index (Phi) is 1.65. The van der Waals surface area contributed by atoms with E-state index in [2.05, 4.69) is 20.7 Å². The highest BCUT2D eigenvalue weighted by molar-refractivity contribution is 9.09. The maximum atomic E-state index is 11.0. The molecule has 0 radical (unpaired) electrons. The third-order valence-corrected chi connectivity index (χ3v) is 2.45. The van der Waals surface area contributed by atoms with Crippen molar-refractivity contribution in [3.63, 3.8) is 0 Å². The lowest BCUT2D eigenvalue weighted by atomic mass is 10.0. The Balaban J connectivity index is 2.46. The van der Waals surface area contributed by atoms with Crippen molar-refractivity contribution in [3.05, 3.63) is 23.3 Å². The Hall–Kier alpha value is -0.900. The van der Waals surface area contributed by atoms with Crippen LogP contribution in [0.2, 0.25) is 0 Å². The van der Waals surface area contributed by atoms with Crippen LogP contribution < -0.4 is 0 Å². The van der Waals surface area contributed by atoms with Crippen molar-refractivity contribution in [2.24, 2.45) is 0 Å². The van der Waals surface area contributed by atoms with E-state index in [1.807, 2.05) is 0 Å². The molecule has 0 amide bonds. The van der Waals surface area contributed by atoms with Crippen LogP contribution in [0.1, 0.15) is 6.42 Å². The monoisotopic (exact) mass is 228 g/mol. The van der Waals surface area contributed by atoms with Gasteiger partial charge in [0.15, 0.2) is 0 Å². The molecule has 1 fully saturated rings. The number of rotatable bonds is 0. The second-order valence-corrected chi connectivity index (χ2v) is 3.80. The van der Waals surface area contributed by atoms with Crippen molar-refractivity contribution < 1.29 is 14.3 Å². The summed E-state index contributed by atoms with van der Waals surface area (Å²) >= 11 is 3.33. The van der Waals surface area contributed by atoms with Crippen LogP contribution in [0.4, 0.5) is 0 Å². The molecule has 0 aromatic heterocycles. The standard InChI is InChI=1S/C8H5BrO3/c9-4-1-2-5-6(3-4)8(11)12-7(5)10/h2-4H,1H2. The SMILES string of the molecule is O=C1OC(=O)C2=CC(Br)CC=C12. The van der Waals surface area contributed by atoms with Gasteiger partial charge in [0.25, 0.3) is 0 Å². The van der Waals surface area contributed by atoms with Gasteiger partial charge in [-0.25, -0.2) is 9.59 Å². The first kappa shape index (κ1) is 7.73. The minimum absolute atomic E-state index is 0.134. The third-order valence-electron chi connectivity index (χ3n) is 1.81. The number of cyclic esters (lactones) is 2. The van der Waals surface area contributed by atoms with E-state index < -0.39 is 11.9 Å². The minimum Gasteiger partial charge on any atom is -0.386 e. The first-order valence-corrected chi connectivity index (χ1v) is 4.43. The lowest BCUT2D eigenvalue weighted by molar-refractivity contribution is -0.149. The highest BCUT2D eigenvalue weighted by Crippen LogP contribution is 2.29. The summed E-state index contributed by atoms with van der Waals surface area (Å²) in [5, 5.41) is 0. The lowest BCUT2D eigenvalue weighted by Crippen LogP contribution is -2.04. The number of esters is 2. The molecule has 0 spiro atoms. The summed E-state index contributed by atoms with van der Waals surface area (Å²) in [5.41, 5.74) is 0.809. The molecule has 0 aromatic carbocycles. The summed E-state index contributed by atoms with van der Waals surface area (Å²) in [5.74, 6) is -1.05. The zero-order valence-electron chi connectivity index (χ0n) is 6.04. The van der Waals surface area contributed by atoms with Crippen molar-refractivity contribution in [1.29, 1.82) is 0 Å². The Labute approximate surface area is 77.2 Å². The maximum absolute atomic E-state index is 11.0. The number of allylic oxidation sites excluding steroid dienone is 2. The summed E-state index contributed by atoms with van der Waals surface area (Å²) in [7, 11) is 0. The van der Waals surface area contributed by atoms with Crippen LogP contribution in [-0.4, -0.2) is 16.8 Å². The van der Waals surface area contributed by atoms with Gasteiger partial charge in [-0.1, -0.05) is 28.1 Å². The van der Waals surface area contributed by atoms with Gasteiger partial charge in [0.2, 0.25) is 0 Å². The fraction of sp³-hybridized carbons (Fsp3) is 0.250. The molecule has 1 aliphatic heterocycles. The van der Waals surface area contributed by atoms with Gasteiger partial charge in [0, 0.05) is 4.83 Å². The number of hydrogen-bond donors (Lipinski definition) is 0. The van der Waals surface area contributed by atoms with Crippen molar-refractivity contribution in [3.8, 4) is 0 Å². The number of ether oxygens (including phenoxy) is 1. The number of carbonyl (C=O) groups is 2. The van der Waals surface area contributed by atoms with Gasteiger partial charge in [-0.3, -0.25) is 0 Å². The lowest BCUT2D eigenvalue weighted by Gasteiger charge is -2.06. The van der Waals surface area contributed by atoms with E-state index in [4.69, 9.17) is 0 Å². The molecule has 4 heteroatoms. The molecule has 0 N–H and O–H groups in total. The first-order chi connectivity index (χ1) is 5.68. The van der Waals surface area contributed by atoms with E-state index in [9.17, 15) is 9.59 Å². The van der Waals surface area contributed by atoms with Gasteiger partial charge in [-0.15, -0.1) is 0 Å². The van der Waals surface area contributed by atoms with Crippen LogP contribution in [0.3, 0.4) is 0 Å². The Bertz CT molecular complexity index is 327. The molecule has 1 aliphatic carbocycles. The normalized spacial score (nSPS) is 27.6. The predicted molar refractivity (Wildman–Crippen MR) is 44.6 cm³/mol. The van der Waals surface area contributed by atoms with Gasteiger partial charge in [0.05, 0.1) is 11.1 Å². The van der Waals surface area contributed by atoms with Crippen molar-refractivity contribution in [2.45, 2.75) is 11.2 Å². The smallest absolute Gasteiger partial charge is 0.346 e. The molecule has 1 atom stereocenters. The van der Waals surface area contributed by atoms with E-state index in [0.29, 0.717) is 11.1 Å². The quantitative estimate of drug-likeness (QED) is 0.354. The average molecular weight is 229 g/mol. The largest absolute Gasteiger partial charge is 0.386 e. The van der Waals surface area contributed by atoms with Crippen LogP contribution in [0.15, 0.2) is 23.3 Å². The molecular formula is C8H5BrO3. The van der Waals surface area contributed by atoms with E-state index in [-0.39, 0.29) is 4.83 Å². The molecule has 0 saturated carbocycles. The highest BCUT2D eigenvalue weighted by Gasteiger charge is 2.35.